The molecular weight excluding hydrogens is 216 g/mol. The van der Waals surface area contributed by atoms with E-state index in [2.05, 4.69) is 15.3 Å². The molecule has 0 saturated heterocycles. The van der Waals surface area contributed by atoms with Gasteiger partial charge < -0.3 is 14.6 Å². The number of aromatic nitrogens is 2. The fraction of sp³-hybridized carbons (Fsp3) is 0.333. The van der Waals surface area contributed by atoms with E-state index in [1.165, 1.54) is 0 Å². The molecule has 0 unspecified atom stereocenters. The van der Waals surface area contributed by atoms with E-state index in [1.54, 1.807) is 6.26 Å². The summed E-state index contributed by atoms with van der Waals surface area (Å²) < 4.78 is 5.31. The van der Waals surface area contributed by atoms with Crippen molar-refractivity contribution in [2.45, 2.75) is 13.5 Å². The van der Waals surface area contributed by atoms with E-state index < -0.39 is 0 Å². The van der Waals surface area contributed by atoms with Crippen molar-refractivity contribution in [1.29, 1.82) is 0 Å². The van der Waals surface area contributed by atoms with Crippen molar-refractivity contribution in [2.75, 3.05) is 24.3 Å². The van der Waals surface area contributed by atoms with Crippen LogP contribution < -0.4 is 10.2 Å². The van der Waals surface area contributed by atoms with Crippen LogP contribution in [0.1, 0.15) is 11.5 Å². The zero-order valence-electron chi connectivity index (χ0n) is 10.3. The fourth-order valence-electron chi connectivity index (χ4n) is 1.58. The Balaban J connectivity index is 2.18. The van der Waals surface area contributed by atoms with Crippen molar-refractivity contribution in [3.63, 3.8) is 0 Å². The Hall–Kier alpha value is -2.04. The molecule has 2 rings (SSSR count). The molecule has 5 nitrogen and oxygen atoms in total. The molecule has 2 aromatic rings. The highest BCUT2D eigenvalue weighted by atomic mass is 16.3. The van der Waals surface area contributed by atoms with Gasteiger partial charge in [-0.25, -0.2) is 4.98 Å². The topological polar surface area (TPSA) is 54.2 Å². The van der Waals surface area contributed by atoms with E-state index in [0.29, 0.717) is 12.5 Å². The van der Waals surface area contributed by atoms with E-state index in [4.69, 9.17) is 4.42 Å². The zero-order valence-corrected chi connectivity index (χ0v) is 10.3. The molecule has 0 fully saturated rings. The van der Waals surface area contributed by atoms with Gasteiger partial charge in [0.2, 0.25) is 5.95 Å². The normalized spacial score (nSPS) is 10.3. The quantitative estimate of drug-likeness (QED) is 0.874. The van der Waals surface area contributed by atoms with Crippen LogP contribution in [-0.4, -0.2) is 24.1 Å². The Morgan fingerprint density at radius 2 is 2.24 bits per heavy atom. The average molecular weight is 232 g/mol. The maximum Gasteiger partial charge on any atom is 0.224 e. The molecule has 5 heteroatoms. The Morgan fingerprint density at radius 3 is 2.88 bits per heavy atom. The summed E-state index contributed by atoms with van der Waals surface area (Å²) in [6, 6.07) is 5.78. The van der Waals surface area contributed by atoms with Crippen LogP contribution in [0.25, 0.3) is 0 Å². The molecule has 2 heterocycles. The third-order valence-corrected chi connectivity index (χ3v) is 2.43. The Morgan fingerprint density at radius 1 is 1.41 bits per heavy atom. The van der Waals surface area contributed by atoms with Gasteiger partial charge in [0, 0.05) is 25.9 Å². The van der Waals surface area contributed by atoms with Crippen LogP contribution in [0, 0.1) is 6.92 Å². The molecule has 0 radical (unpaired) electrons. The number of anilines is 2. The standard InChI is InChI=1S/C12H16N4O/c1-9-7-11(15-12(13-2)14-9)16(3)8-10-5-4-6-17-10/h4-7H,8H2,1-3H3,(H,13,14,15). The first kappa shape index (κ1) is 11.4. The van der Waals surface area contributed by atoms with Gasteiger partial charge in [-0.05, 0) is 19.1 Å². The van der Waals surface area contributed by atoms with Crippen LogP contribution in [0.15, 0.2) is 28.9 Å². The number of nitrogens with zero attached hydrogens (tertiary/aromatic N) is 3. The maximum absolute atomic E-state index is 5.31. The zero-order chi connectivity index (χ0) is 12.3. The number of aryl methyl sites for hydroxylation is 1. The van der Waals surface area contributed by atoms with Gasteiger partial charge in [-0.15, -0.1) is 0 Å². The highest BCUT2D eigenvalue weighted by Crippen LogP contribution is 2.15. The minimum Gasteiger partial charge on any atom is -0.467 e. The molecule has 0 aliphatic rings. The van der Waals surface area contributed by atoms with Gasteiger partial charge in [0.25, 0.3) is 0 Å². The molecular formula is C12H16N4O. The van der Waals surface area contributed by atoms with E-state index >= 15 is 0 Å². The third kappa shape index (κ3) is 2.75. The lowest BCUT2D eigenvalue weighted by atomic mass is 10.3. The first-order chi connectivity index (χ1) is 8.19. The predicted octanol–water partition coefficient (Wildman–Crippen LogP) is 2.06. The van der Waals surface area contributed by atoms with Gasteiger partial charge in [0.1, 0.15) is 11.6 Å². The Kier molecular flexibility index (Phi) is 3.27. The monoisotopic (exact) mass is 232 g/mol. The lowest BCUT2D eigenvalue weighted by Gasteiger charge is -2.17. The van der Waals surface area contributed by atoms with Crippen molar-refractivity contribution < 1.29 is 4.42 Å². The number of nitrogens with one attached hydrogen (secondary N) is 1. The van der Waals surface area contributed by atoms with Crippen LogP contribution in [0.5, 0.6) is 0 Å². The minimum absolute atomic E-state index is 0.631. The van der Waals surface area contributed by atoms with Crippen LogP contribution in [0.2, 0.25) is 0 Å². The highest BCUT2D eigenvalue weighted by molar-refractivity contribution is 5.44. The molecule has 0 bridgehead atoms. The molecule has 0 amide bonds. The highest BCUT2D eigenvalue weighted by Gasteiger charge is 2.07. The average Bonchev–Trinajstić information content (AvgIpc) is 2.81. The second-order valence-electron chi connectivity index (χ2n) is 3.88. The van der Waals surface area contributed by atoms with Crippen molar-refractivity contribution in [1.82, 2.24) is 9.97 Å². The molecule has 90 valence electrons. The molecule has 0 spiro atoms. The minimum atomic E-state index is 0.631. The van der Waals surface area contributed by atoms with Crippen LogP contribution in [-0.2, 0) is 6.54 Å². The fourth-order valence-corrected chi connectivity index (χ4v) is 1.58. The largest absolute Gasteiger partial charge is 0.467 e. The molecule has 0 atom stereocenters. The lowest BCUT2D eigenvalue weighted by molar-refractivity contribution is 0.507. The Bertz CT molecular complexity index is 481. The second-order valence-corrected chi connectivity index (χ2v) is 3.88. The SMILES string of the molecule is CNc1nc(C)cc(N(C)Cc2ccco2)n1. The maximum atomic E-state index is 5.31. The molecule has 1 N–H and O–H groups in total. The van der Waals surface area contributed by atoms with Crippen LogP contribution in [0.4, 0.5) is 11.8 Å². The summed E-state index contributed by atoms with van der Waals surface area (Å²) in [7, 11) is 3.79. The Labute approximate surface area is 100 Å². The first-order valence-corrected chi connectivity index (χ1v) is 5.46. The van der Waals surface area contributed by atoms with Crippen LogP contribution in [0.3, 0.4) is 0 Å². The molecule has 2 aromatic heterocycles. The third-order valence-electron chi connectivity index (χ3n) is 2.43. The first-order valence-electron chi connectivity index (χ1n) is 5.46. The smallest absolute Gasteiger partial charge is 0.224 e. The van der Waals surface area contributed by atoms with Crippen molar-refractivity contribution in [3.05, 3.63) is 35.9 Å². The van der Waals surface area contributed by atoms with Crippen LogP contribution >= 0.6 is 0 Å². The molecule has 0 saturated carbocycles. The van der Waals surface area contributed by atoms with Gasteiger partial charge in [0.05, 0.1) is 12.8 Å². The number of rotatable bonds is 4. The van der Waals surface area contributed by atoms with Gasteiger partial charge in [0.15, 0.2) is 0 Å². The second kappa shape index (κ2) is 4.86. The molecule has 0 aliphatic heterocycles. The molecule has 0 aromatic carbocycles. The summed E-state index contributed by atoms with van der Waals surface area (Å²) in [6.45, 7) is 2.64. The van der Waals surface area contributed by atoms with Crippen molar-refractivity contribution in [3.8, 4) is 0 Å². The van der Waals surface area contributed by atoms with Crippen molar-refractivity contribution in [2.24, 2.45) is 0 Å². The number of hydrogen-bond acceptors (Lipinski definition) is 5. The van der Waals surface area contributed by atoms with E-state index in [0.717, 1.165) is 17.3 Å². The summed E-state index contributed by atoms with van der Waals surface area (Å²) in [4.78, 5) is 10.7. The predicted molar refractivity (Wildman–Crippen MR) is 67.1 cm³/mol. The lowest BCUT2D eigenvalue weighted by Crippen LogP contribution is -2.18. The summed E-state index contributed by atoms with van der Waals surface area (Å²) >= 11 is 0. The van der Waals surface area contributed by atoms with E-state index in [-0.39, 0.29) is 0 Å². The number of furan rings is 1. The van der Waals surface area contributed by atoms with Gasteiger partial charge in [-0.2, -0.15) is 4.98 Å². The van der Waals surface area contributed by atoms with Gasteiger partial charge in [-0.3, -0.25) is 0 Å². The summed E-state index contributed by atoms with van der Waals surface area (Å²) in [5.41, 5.74) is 0.936. The summed E-state index contributed by atoms with van der Waals surface area (Å²) in [6.07, 6.45) is 1.67. The molecule has 0 aliphatic carbocycles. The number of hydrogen-bond donors (Lipinski definition) is 1. The summed E-state index contributed by atoms with van der Waals surface area (Å²) in [5.74, 6) is 2.42. The molecule has 17 heavy (non-hydrogen) atoms. The van der Waals surface area contributed by atoms with E-state index in [1.807, 2.05) is 44.1 Å². The van der Waals surface area contributed by atoms with Crippen molar-refractivity contribution >= 4 is 11.8 Å². The van der Waals surface area contributed by atoms with Gasteiger partial charge >= 0.3 is 0 Å². The van der Waals surface area contributed by atoms with Gasteiger partial charge in [-0.1, -0.05) is 0 Å². The summed E-state index contributed by atoms with van der Waals surface area (Å²) in [5, 5.41) is 2.95. The van der Waals surface area contributed by atoms with E-state index in [9.17, 15) is 0 Å².